The Morgan fingerprint density at radius 2 is 2.38 bits per heavy atom. The fourth-order valence-corrected chi connectivity index (χ4v) is 2.11. The third kappa shape index (κ3) is 1.48. The lowest BCUT2D eigenvalue weighted by atomic mass is 9.88. The van der Waals surface area contributed by atoms with Crippen molar-refractivity contribution in [3.8, 4) is 0 Å². The Morgan fingerprint density at radius 1 is 1.62 bits per heavy atom. The van der Waals surface area contributed by atoms with Gasteiger partial charge in [0.05, 0.1) is 6.10 Å². The lowest BCUT2D eigenvalue weighted by Crippen LogP contribution is -2.18. The molecule has 0 bridgehead atoms. The Labute approximate surface area is 77.4 Å². The van der Waals surface area contributed by atoms with Crippen molar-refractivity contribution in [2.24, 2.45) is 0 Å². The average Bonchev–Trinajstić information content (AvgIpc) is 2.77. The van der Waals surface area contributed by atoms with Gasteiger partial charge >= 0.3 is 5.97 Å². The summed E-state index contributed by atoms with van der Waals surface area (Å²) in [5.41, 5.74) is 0.213. The molecule has 13 heavy (non-hydrogen) atoms. The Kier molecular flexibility index (Phi) is 1.91. The molecule has 2 rings (SSSR count). The molecule has 2 unspecified atom stereocenters. The van der Waals surface area contributed by atoms with Crippen LogP contribution < -0.4 is 0 Å². The SMILES string of the molecule is CC(=CC12CCCCC1O2)C(=O)O. The van der Waals surface area contributed by atoms with E-state index < -0.39 is 5.97 Å². The molecule has 3 heteroatoms. The van der Waals surface area contributed by atoms with Gasteiger partial charge < -0.3 is 9.84 Å². The molecule has 0 amide bonds. The highest BCUT2D eigenvalue weighted by molar-refractivity contribution is 5.86. The third-order valence-corrected chi connectivity index (χ3v) is 2.93. The molecule has 1 saturated carbocycles. The Bertz CT molecular complexity index is 269. The first kappa shape index (κ1) is 8.75. The van der Waals surface area contributed by atoms with Crippen LogP contribution in [0.25, 0.3) is 0 Å². The Balaban J connectivity index is 2.10. The summed E-state index contributed by atoms with van der Waals surface area (Å²) in [4.78, 5) is 10.6. The van der Waals surface area contributed by atoms with Gasteiger partial charge in [-0.2, -0.15) is 0 Å². The van der Waals surface area contributed by atoms with E-state index in [0.717, 1.165) is 19.3 Å². The molecule has 1 N–H and O–H groups in total. The molecule has 2 fully saturated rings. The number of aliphatic carboxylic acids is 1. The molecule has 1 saturated heterocycles. The lowest BCUT2D eigenvalue weighted by Gasteiger charge is -2.13. The summed E-state index contributed by atoms with van der Waals surface area (Å²) in [5, 5.41) is 8.72. The smallest absolute Gasteiger partial charge is 0.331 e. The molecular weight excluding hydrogens is 168 g/mol. The zero-order chi connectivity index (χ0) is 9.47. The first-order valence-electron chi connectivity index (χ1n) is 4.75. The van der Waals surface area contributed by atoms with E-state index >= 15 is 0 Å². The minimum Gasteiger partial charge on any atom is -0.478 e. The van der Waals surface area contributed by atoms with Gasteiger partial charge in [0.2, 0.25) is 0 Å². The highest BCUT2D eigenvalue weighted by Crippen LogP contribution is 2.49. The summed E-state index contributed by atoms with van der Waals surface area (Å²) >= 11 is 0. The normalized spacial score (nSPS) is 38.2. The number of hydrogen-bond donors (Lipinski definition) is 1. The Hall–Kier alpha value is -0.830. The van der Waals surface area contributed by atoms with Crippen molar-refractivity contribution in [3.05, 3.63) is 11.6 Å². The second kappa shape index (κ2) is 2.84. The van der Waals surface area contributed by atoms with Crippen LogP contribution in [0, 0.1) is 0 Å². The quantitative estimate of drug-likeness (QED) is 0.522. The van der Waals surface area contributed by atoms with Gasteiger partial charge in [-0.3, -0.25) is 0 Å². The van der Waals surface area contributed by atoms with Crippen LogP contribution in [0.5, 0.6) is 0 Å². The lowest BCUT2D eigenvalue weighted by molar-refractivity contribution is -0.132. The number of carbonyl (C=O) groups is 1. The molecule has 0 radical (unpaired) electrons. The Morgan fingerprint density at radius 3 is 3.00 bits per heavy atom. The van der Waals surface area contributed by atoms with Gasteiger partial charge in [0.25, 0.3) is 0 Å². The van der Waals surface area contributed by atoms with Crippen LogP contribution in [-0.2, 0) is 9.53 Å². The van der Waals surface area contributed by atoms with Crippen LogP contribution in [0.4, 0.5) is 0 Å². The van der Waals surface area contributed by atoms with E-state index in [1.54, 1.807) is 13.0 Å². The van der Waals surface area contributed by atoms with Crippen molar-refractivity contribution >= 4 is 5.97 Å². The molecule has 0 aromatic carbocycles. The van der Waals surface area contributed by atoms with Gasteiger partial charge in [-0.15, -0.1) is 0 Å². The summed E-state index contributed by atoms with van der Waals surface area (Å²) in [6.45, 7) is 1.63. The number of epoxide rings is 1. The van der Waals surface area contributed by atoms with E-state index in [1.807, 2.05) is 0 Å². The number of hydrogen-bond acceptors (Lipinski definition) is 2. The highest BCUT2D eigenvalue weighted by Gasteiger charge is 2.55. The monoisotopic (exact) mass is 182 g/mol. The van der Waals surface area contributed by atoms with Crippen molar-refractivity contribution in [1.82, 2.24) is 0 Å². The molecule has 0 aromatic heterocycles. The third-order valence-electron chi connectivity index (χ3n) is 2.93. The summed E-state index contributed by atoms with van der Waals surface area (Å²) in [6, 6.07) is 0. The number of fused-ring (bicyclic) bond motifs is 1. The van der Waals surface area contributed by atoms with Gasteiger partial charge in [0, 0.05) is 5.57 Å². The van der Waals surface area contributed by atoms with Gasteiger partial charge in [-0.05, 0) is 25.8 Å². The number of ether oxygens (including phenoxy) is 1. The zero-order valence-corrected chi connectivity index (χ0v) is 7.75. The molecule has 1 aliphatic heterocycles. The van der Waals surface area contributed by atoms with Crippen LogP contribution >= 0.6 is 0 Å². The minimum atomic E-state index is -0.839. The fraction of sp³-hybridized carbons (Fsp3) is 0.700. The van der Waals surface area contributed by atoms with E-state index in [9.17, 15) is 4.79 Å². The standard InChI is InChI=1S/C10H14O3/c1-7(9(11)12)6-10-5-3-2-4-8(10)13-10/h6,8H,2-5H2,1H3,(H,11,12). The van der Waals surface area contributed by atoms with Crippen LogP contribution in [0.3, 0.4) is 0 Å². The van der Waals surface area contributed by atoms with Gasteiger partial charge in [-0.25, -0.2) is 4.79 Å². The van der Waals surface area contributed by atoms with E-state index in [1.165, 1.54) is 6.42 Å². The molecule has 0 aromatic rings. The molecule has 0 spiro atoms. The molecule has 2 aliphatic rings. The van der Waals surface area contributed by atoms with Crippen molar-refractivity contribution in [2.75, 3.05) is 0 Å². The minimum absolute atomic E-state index is 0.194. The maximum atomic E-state index is 10.6. The first-order chi connectivity index (χ1) is 6.14. The van der Waals surface area contributed by atoms with E-state index in [0.29, 0.717) is 11.7 Å². The molecule has 72 valence electrons. The van der Waals surface area contributed by atoms with Crippen molar-refractivity contribution < 1.29 is 14.6 Å². The number of rotatable bonds is 2. The summed E-state index contributed by atoms with van der Waals surface area (Å²) in [5.74, 6) is -0.839. The molecule has 3 nitrogen and oxygen atoms in total. The summed E-state index contributed by atoms with van der Waals surface area (Å²) < 4.78 is 5.55. The molecule has 2 atom stereocenters. The van der Waals surface area contributed by atoms with Crippen molar-refractivity contribution in [2.45, 2.75) is 44.3 Å². The van der Waals surface area contributed by atoms with Crippen molar-refractivity contribution in [1.29, 1.82) is 0 Å². The fourth-order valence-electron chi connectivity index (χ4n) is 2.11. The van der Waals surface area contributed by atoms with Gasteiger partial charge in [0.1, 0.15) is 5.60 Å². The zero-order valence-electron chi connectivity index (χ0n) is 7.75. The number of carboxylic acid groups (broad SMARTS) is 1. The van der Waals surface area contributed by atoms with E-state index in [2.05, 4.69) is 0 Å². The van der Waals surface area contributed by atoms with E-state index in [4.69, 9.17) is 9.84 Å². The predicted octanol–water partition coefficient (Wildman–Crippen LogP) is 1.73. The van der Waals surface area contributed by atoms with Gasteiger partial charge in [-0.1, -0.05) is 12.8 Å². The predicted molar refractivity (Wildman–Crippen MR) is 47.5 cm³/mol. The van der Waals surface area contributed by atoms with Crippen LogP contribution in [-0.4, -0.2) is 22.8 Å². The maximum Gasteiger partial charge on any atom is 0.331 e. The second-order valence-corrected chi connectivity index (χ2v) is 3.94. The summed E-state index contributed by atoms with van der Waals surface area (Å²) in [6.07, 6.45) is 6.53. The molecule has 1 aliphatic carbocycles. The van der Waals surface area contributed by atoms with Crippen LogP contribution in [0.1, 0.15) is 32.6 Å². The topological polar surface area (TPSA) is 49.8 Å². The van der Waals surface area contributed by atoms with Crippen LogP contribution in [0.15, 0.2) is 11.6 Å². The first-order valence-corrected chi connectivity index (χ1v) is 4.75. The largest absolute Gasteiger partial charge is 0.478 e. The number of carboxylic acids is 1. The summed E-state index contributed by atoms with van der Waals surface area (Å²) in [7, 11) is 0. The highest BCUT2D eigenvalue weighted by atomic mass is 16.6. The van der Waals surface area contributed by atoms with Gasteiger partial charge in [0.15, 0.2) is 0 Å². The van der Waals surface area contributed by atoms with Crippen LogP contribution in [0.2, 0.25) is 0 Å². The second-order valence-electron chi connectivity index (χ2n) is 3.94. The average molecular weight is 182 g/mol. The van der Waals surface area contributed by atoms with Crippen molar-refractivity contribution in [3.63, 3.8) is 0 Å². The molecule has 1 heterocycles. The maximum absolute atomic E-state index is 10.6. The van der Waals surface area contributed by atoms with E-state index in [-0.39, 0.29) is 5.60 Å². The molecular formula is C10H14O3.